The molecule has 0 unspecified atom stereocenters. The standard InChI is InChI=1S/C16H14ClNO/c17-14-5-3-4-12(8-14)9-18-10-13-11-19-16-7-2-1-6-15(13)16/h1-8,11,18H,9-10H2. The maximum atomic E-state index is 5.96. The molecule has 1 aromatic heterocycles. The van der Waals surface area contributed by atoms with Crippen LogP contribution in [0.1, 0.15) is 11.1 Å². The van der Waals surface area contributed by atoms with Crippen LogP contribution >= 0.6 is 11.6 Å². The quantitative estimate of drug-likeness (QED) is 0.762. The first-order chi connectivity index (χ1) is 9.33. The molecule has 0 radical (unpaired) electrons. The van der Waals surface area contributed by atoms with Crippen molar-refractivity contribution < 1.29 is 4.42 Å². The number of para-hydroxylation sites is 1. The van der Waals surface area contributed by atoms with Crippen molar-refractivity contribution in [2.45, 2.75) is 13.1 Å². The number of halogens is 1. The Balaban J connectivity index is 1.66. The van der Waals surface area contributed by atoms with E-state index in [0.717, 1.165) is 23.7 Å². The second kappa shape index (κ2) is 5.47. The summed E-state index contributed by atoms with van der Waals surface area (Å²) in [4.78, 5) is 0. The maximum Gasteiger partial charge on any atom is 0.134 e. The van der Waals surface area contributed by atoms with E-state index in [1.165, 1.54) is 16.5 Å². The summed E-state index contributed by atoms with van der Waals surface area (Å²) in [6.45, 7) is 1.57. The molecule has 2 aromatic carbocycles. The summed E-state index contributed by atoms with van der Waals surface area (Å²) in [5.41, 5.74) is 3.29. The third kappa shape index (κ3) is 2.80. The molecule has 0 aliphatic carbocycles. The summed E-state index contributed by atoms with van der Waals surface area (Å²) in [7, 11) is 0. The molecule has 0 saturated carbocycles. The lowest BCUT2D eigenvalue weighted by molar-refractivity contribution is 0.602. The molecule has 3 rings (SSSR count). The van der Waals surface area contributed by atoms with Gasteiger partial charge < -0.3 is 9.73 Å². The highest BCUT2D eigenvalue weighted by molar-refractivity contribution is 6.30. The van der Waals surface area contributed by atoms with Gasteiger partial charge in [-0.3, -0.25) is 0 Å². The van der Waals surface area contributed by atoms with Gasteiger partial charge in [0.25, 0.3) is 0 Å². The van der Waals surface area contributed by atoms with Gasteiger partial charge in [-0.05, 0) is 23.8 Å². The zero-order chi connectivity index (χ0) is 13.1. The smallest absolute Gasteiger partial charge is 0.134 e. The van der Waals surface area contributed by atoms with E-state index in [0.29, 0.717) is 0 Å². The maximum absolute atomic E-state index is 5.96. The monoisotopic (exact) mass is 271 g/mol. The summed E-state index contributed by atoms with van der Waals surface area (Å²) >= 11 is 5.96. The number of benzene rings is 2. The van der Waals surface area contributed by atoms with Crippen molar-refractivity contribution in [3.05, 3.63) is 70.9 Å². The van der Waals surface area contributed by atoms with Crippen LogP contribution < -0.4 is 5.32 Å². The van der Waals surface area contributed by atoms with E-state index in [-0.39, 0.29) is 0 Å². The average molecular weight is 272 g/mol. The molecule has 0 spiro atoms. The van der Waals surface area contributed by atoms with Crippen LogP contribution in [0.5, 0.6) is 0 Å². The Bertz CT molecular complexity index is 690. The zero-order valence-corrected chi connectivity index (χ0v) is 11.2. The van der Waals surface area contributed by atoms with Gasteiger partial charge in [-0.15, -0.1) is 0 Å². The van der Waals surface area contributed by atoms with Crippen LogP contribution in [0.3, 0.4) is 0 Å². The van der Waals surface area contributed by atoms with E-state index in [1.807, 2.05) is 42.7 Å². The summed E-state index contributed by atoms with van der Waals surface area (Å²) in [5, 5.41) is 5.34. The van der Waals surface area contributed by atoms with Crippen molar-refractivity contribution in [3.8, 4) is 0 Å². The first-order valence-electron chi connectivity index (χ1n) is 6.23. The third-order valence-electron chi connectivity index (χ3n) is 3.09. The van der Waals surface area contributed by atoms with Crippen LogP contribution in [0, 0.1) is 0 Å². The minimum absolute atomic E-state index is 0.771. The molecule has 0 aliphatic rings. The second-order valence-electron chi connectivity index (χ2n) is 4.49. The van der Waals surface area contributed by atoms with Crippen LogP contribution in [0.15, 0.2) is 59.2 Å². The van der Waals surface area contributed by atoms with Gasteiger partial charge in [-0.2, -0.15) is 0 Å². The zero-order valence-electron chi connectivity index (χ0n) is 10.4. The largest absolute Gasteiger partial charge is 0.464 e. The summed E-state index contributed by atoms with van der Waals surface area (Å²) < 4.78 is 5.51. The van der Waals surface area contributed by atoms with Gasteiger partial charge in [-0.1, -0.05) is 41.9 Å². The molecular formula is C16H14ClNO. The molecule has 19 heavy (non-hydrogen) atoms. The number of hydrogen-bond acceptors (Lipinski definition) is 2. The highest BCUT2D eigenvalue weighted by Crippen LogP contribution is 2.20. The minimum atomic E-state index is 0.771. The topological polar surface area (TPSA) is 25.2 Å². The Morgan fingerprint density at radius 2 is 1.89 bits per heavy atom. The van der Waals surface area contributed by atoms with Crippen molar-refractivity contribution in [2.75, 3.05) is 0 Å². The van der Waals surface area contributed by atoms with Gasteiger partial charge in [0.1, 0.15) is 5.58 Å². The fourth-order valence-electron chi connectivity index (χ4n) is 2.16. The Labute approximate surface area is 117 Å². The van der Waals surface area contributed by atoms with Gasteiger partial charge in [-0.25, -0.2) is 0 Å². The molecule has 0 amide bonds. The van der Waals surface area contributed by atoms with E-state index in [4.69, 9.17) is 16.0 Å². The fraction of sp³-hybridized carbons (Fsp3) is 0.125. The predicted molar refractivity (Wildman–Crippen MR) is 78.2 cm³/mol. The molecule has 0 fully saturated rings. The number of hydrogen-bond donors (Lipinski definition) is 1. The van der Waals surface area contributed by atoms with Crippen LogP contribution in [-0.4, -0.2) is 0 Å². The molecule has 0 aliphatic heterocycles. The molecule has 1 heterocycles. The van der Waals surface area contributed by atoms with Crippen molar-refractivity contribution in [2.24, 2.45) is 0 Å². The van der Waals surface area contributed by atoms with Crippen LogP contribution in [0.25, 0.3) is 11.0 Å². The van der Waals surface area contributed by atoms with E-state index >= 15 is 0 Å². The molecule has 0 saturated heterocycles. The third-order valence-corrected chi connectivity index (χ3v) is 3.33. The SMILES string of the molecule is Clc1cccc(CNCc2coc3ccccc23)c1. The van der Waals surface area contributed by atoms with Crippen LogP contribution in [0.4, 0.5) is 0 Å². The fourth-order valence-corrected chi connectivity index (χ4v) is 2.37. The molecule has 3 aromatic rings. The van der Waals surface area contributed by atoms with Crippen molar-refractivity contribution in [3.63, 3.8) is 0 Å². The van der Waals surface area contributed by atoms with E-state index < -0.39 is 0 Å². The number of nitrogens with one attached hydrogen (secondary N) is 1. The normalized spacial score (nSPS) is 11.0. The summed E-state index contributed by atoms with van der Waals surface area (Å²) in [6.07, 6.45) is 1.82. The molecule has 1 N–H and O–H groups in total. The van der Waals surface area contributed by atoms with Gasteiger partial charge in [0.2, 0.25) is 0 Å². The molecule has 2 nitrogen and oxygen atoms in total. The Morgan fingerprint density at radius 1 is 1.00 bits per heavy atom. The predicted octanol–water partition coefficient (Wildman–Crippen LogP) is 4.38. The van der Waals surface area contributed by atoms with Crippen molar-refractivity contribution in [1.82, 2.24) is 5.32 Å². The average Bonchev–Trinajstić information content (AvgIpc) is 2.83. The first-order valence-corrected chi connectivity index (χ1v) is 6.61. The van der Waals surface area contributed by atoms with Crippen molar-refractivity contribution >= 4 is 22.6 Å². The number of rotatable bonds is 4. The van der Waals surface area contributed by atoms with Crippen LogP contribution in [-0.2, 0) is 13.1 Å². The van der Waals surface area contributed by atoms with Gasteiger partial charge >= 0.3 is 0 Å². The molecule has 3 heteroatoms. The summed E-state index contributed by atoms with van der Waals surface area (Å²) in [6, 6.07) is 16.0. The molecule has 0 atom stereocenters. The Morgan fingerprint density at radius 3 is 2.79 bits per heavy atom. The Hall–Kier alpha value is -1.77. The Kier molecular flexibility index (Phi) is 3.53. The highest BCUT2D eigenvalue weighted by atomic mass is 35.5. The molecule has 0 bridgehead atoms. The van der Waals surface area contributed by atoms with Crippen LogP contribution in [0.2, 0.25) is 5.02 Å². The lowest BCUT2D eigenvalue weighted by atomic mass is 10.1. The lowest BCUT2D eigenvalue weighted by Crippen LogP contribution is -2.12. The van der Waals surface area contributed by atoms with E-state index in [2.05, 4.69) is 17.4 Å². The van der Waals surface area contributed by atoms with Gasteiger partial charge in [0, 0.05) is 29.1 Å². The molecule has 96 valence electrons. The van der Waals surface area contributed by atoms with Crippen molar-refractivity contribution in [1.29, 1.82) is 0 Å². The van der Waals surface area contributed by atoms with Gasteiger partial charge in [0.05, 0.1) is 6.26 Å². The van der Waals surface area contributed by atoms with Gasteiger partial charge in [0.15, 0.2) is 0 Å². The lowest BCUT2D eigenvalue weighted by Gasteiger charge is -2.04. The summed E-state index contributed by atoms with van der Waals surface area (Å²) in [5.74, 6) is 0. The number of fused-ring (bicyclic) bond motifs is 1. The first kappa shape index (κ1) is 12.3. The van der Waals surface area contributed by atoms with E-state index in [1.54, 1.807) is 0 Å². The highest BCUT2D eigenvalue weighted by Gasteiger charge is 2.04. The number of furan rings is 1. The second-order valence-corrected chi connectivity index (χ2v) is 4.93. The molecular weight excluding hydrogens is 258 g/mol. The van der Waals surface area contributed by atoms with E-state index in [9.17, 15) is 0 Å². The minimum Gasteiger partial charge on any atom is -0.464 e.